The lowest BCUT2D eigenvalue weighted by Gasteiger charge is -2.23. The Kier molecular flexibility index (Phi) is 8.60. The summed E-state index contributed by atoms with van der Waals surface area (Å²) >= 11 is 1.93. The van der Waals surface area contributed by atoms with Crippen molar-refractivity contribution in [2.45, 2.75) is 38.5 Å². The molecule has 0 aliphatic heterocycles. The van der Waals surface area contributed by atoms with Gasteiger partial charge in [-0.15, -0.1) is 11.3 Å². The lowest BCUT2D eigenvalue weighted by atomic mass is 9.79. The topological polar surface area (TPSA) is 26.3 Å². The molecule has 0 atom stereocenters. The van der Waals surface area contributed by atoms with Crippen molar-refractivity contribution in [3.8, 4) is 66.8 Å². The van der Waals surface area contributed by atoms with Gasteiger partial charge in [-0.25, -0.2) is 0 Å². The fourth-order valence-electron chi connectivity index (χ4n) is 14.1. The van der Waals surface area contributed by atoms with Gasteiger partial charge in [0.25, 0.3) is 0 Å². The summed E-state index contributed by atoms with van der Waals surface area (Å²) in [4.78, 5) is 0. The van der Waals surface area contributed by atoms with E-state index in [1.54, 1.807) is 0 Å². The summed E-state index contributed by atoms with van der Waals surface area (Å²) in [5.74, 6) is 0. The zero-order chi connectivity index (χ0) is 51.1. The molecular weight excluding hydrogens is 953 g/mol. The maximum atomic E-state index is 7.04. The standard InChI is InChI=1S/C74H48O2S/c1-73(2)61-37-57-58-38-62-60(68-48-26-14-12-24-46(48)56(36-64(68)74(62,3)4)54-34-18-32-52-50-30-16-28-44(70(50)76-72(52)54)42-21-9-6-10-22-42)40-66(58)77-65(57)39-59(61)67-47-25-13-11-23-45(47)55(35-63(67)73)53-33-17-31-51-49-29-15-27-43(69(49)75-71(51)53)41-19-7-5-8-20-41/h5-40H,1-4H3. The van der Waals surface area contributed by atoms with Gasteiger partial charge in [0.2, 0.25) is 0 Å². The van der Waals surface area contributed by atoms with Crippen molar-refractivity contribution in [2.75, 3.05) is 0 Å². The molecule has 0 spiro atoms. The van der Waals surface area contributed by atoms with Gasteiger partial charge in [0, 0.05) is 74.8 Å². The third-order valence-electron chi connectivity index (χ3n) is 17.9. The van der Waals surface area contributed by atoms with E-state index < -0.39 is 0 Å². The van der Waals surface area contributed by atoms with E-state index in [0.29, 0.717) is 0 Å². The molecule has 0 unspecified atom stereocenters. The second-order valence-corrected chi connectivity index (χ2v) is 23.7. The summed E-state index contributed by atoms with van der Waals surface area (Å²) in [5.41, 5.74) is 23.2. The SMILES string of the molecule is CC1(C)c2cc3c(cc2-c2c1cc(-c1cccc4c1oc1c(-c5ccccc5)cccc14)c1ccccc21)sc1cc2c(cc13)C(C)(C)c1cc(-c3cccc4c3oc3c(-c5ccccc5)cccc34)c3ccccc3c1-2. The molecular formula is C74H48O2S. The van der Waals surface area contributed by atoms with Gasteiger partial charge in [-0.1, -0.05) is 210 Å². The molecule has 17 rings (SSSR count). The first-order chi connectivity index (χ1) is 37.7. The van der Waals surface area contributed by atoms with Crippen molar-refractivity contribution >= 4 is 96.9 Å². The van der Waals surface area contributed by atoms with E-state index in [1.165, 1.54) is 97.4 Å². The van der Waals surface area contributed by atoms with Crippen molar-refractivity contribution in [3.05, 3.63) is 241 Å². The number of hydrogen-bond donors (Lipinski definition) is 0. The van der Waals surface area contributed by atoms with Gasteiger partial charge in [0.05, 0.1) is 0 Å². The molecule has 77 heavy (non-hydrogen) atoms. The number of hydrogen-bond acceptors (Lipinski definition) is 3. The normalized spacial score (nSPS) is 14.2. The minimum Gasteiger partial charge on any atom is -0.455 e. The Morgan fingerprint density at radius 3 is 1.00 bits per heavy atom. The van der Waals surface area contributed by atoms with Crippen molar-refractivity contribution in [2.24, 2.45) is 0 Å². The van der Waals surface area contributed by atoms with Crippen LogP contribution in [0.1, 0.15) is 49.9 Å². The number of benzene rings is 12. The Bertz CT molecular complexity index is 4760. The largest absolute Gasteiger partial charge is 0.455 e. The van der Waals surface area contributed by atoms with Crippen LogP contribution in [-0.2, 0) is 10.8 Å². The average molecular weight is 1000 g/mol. The van der Waals surface area contributed by atoms with Crippen molar-refractivity contribution in [3.63, 3.8) is 0 Å². The van der Waals surface area contributed by atoms with Crippen LogP contribution in [0, 0.1) is 0 Å². The molecule has 362 valence electrons. The molecule has 2 aliphatic carbocycles. The third-order valence-corrected chi connectivity index (χ3v) is 19.0. The molecule has 0 fully saturated rings. The van der Waals surface area contributed by atoms with Crippen LogP contribution in [0.25, 0.3) is 152 Å². The highest BCUT2D eigenvalue weighted by molar-refractivity contribution is 7.25. The van der Waals surface area contributed by atoms with E-state index in [0.717, 1.165) is 77.3 Å². The molecule has 2 nitrogen and oxygen atoms in total. The summed E-state index contributed by atoms with van der Waals surface area (Å²) in [6.45, 7) is 9.72. The highest BCUT2D eigenvalue weighted by atomic mass is 32.1. The Morgan fingerprint density at radius 2 is 0.597 bits per heavy atom. The predicted molar refractivity (Wildman–Crippen MR) is 326 cm³/mol. The van der Waals surface area contributed by atoms with E-state index in [-0.39, 0.29) is 10.8 Å². The van der Waals surface area contributed by atoms with Gasteiger partial charge in [-0.05, 0) is 125 Å². The number of fused-ring (bicyclic) bond motifs is 19. The monoisotopic (exact) mass is 1000 g/mol. The van der Waals surface area contributed by atoms with E-state index in [9.17, 15) is 0 Å². The van der Waals surface area contributed by atoms with E-state index in [1.807, 2.05) is 11.3 Å². The maximum Gasteiger partial charge on any atom is 0.143 e. The van der Waals surface area contributed by atoms with Crippen molar-refractivity contribution in [1.29, 1.82) is 0 Å². The van der Waals surface area contributed by atoms with Crippen LogP contribution in [0.4, 0.5) is 0 Å². The summed E-state index contributed by atoms with van der Waals surface area (Å²) in [6.07, 6.45) is 0. The van der Waals surface area contributed by atoms with Crippen LogP contribution in [0.3, 0.4) is 0 Å². The first-order valence-electron chi connectivity index (χ1n) is 26.9. The van der Waals surface area contributed by atoms with Gasteiger partial charge in [-0.3, -0.25) is 0 Å². The van der Waals surface area contributed by atoms with Crippen LogP contribution in [0.2, 0.25) is 0 Å². The molecule has 2 aliphatic rings. The lowest BCUT2D eigenvalue weighted by Crippen LogP contribution is -2.15. The fraction of sp³-hybridized carbons (Fsp3) is 0.0811. The van der Waals surface area contributed by atoms with Crippen molar-refractivity contribution < 1.29 is 8.83 Å². The maximum absolute atomic E-state index is 7.04. The summed E-state index contributed by atoms with van der Waals surface area (Å²) in [6, 6.07) is 80.8. The van der Waals surface area contributed by atoms with E-state index in [2.05, 4.69) is 246 Å². The summed E-state index contributed by atoms with van der Waals surface area (Å²) < 4.78 is 16.7. The van der Waals surface area contributed by atoms with E-state index >= 15 is 0 Å². The first-order valence-corrected chi connectivity index (χ1v) is 27.7. The smallest absolute Gasteiger partial charge is 0.143 e. The third kappa shape index (κ3) is 5.79. The van der Waals surface area contributed by atoms with Crippen LogP contribution in [0.5, 0.6) is 0 Å². The highest BCUT2D eigenvalue weighted by Gasteiger charge is 2.41. The molecule has 15 aromatic rings. The molecule has 3 heteroatoms. The van der Waals surface area contributed by atoms with Gasteiger partial charge < -0.3 is 8.83 Å². The predicted octanol–water partition coefficient (Wildman–Crippen LogP) is 21.4. The van der Waals surface area contributed by atoms with Gasteiger partial charge >= 0.3 is 0 Å². The lowest BCUT2D eigenvalue weighted by molar-refractivity contribution is 0.661. The second-order valence-electron chi connectivity index (χ2n) is 22.6. The molecule has 0 saturated carbocycles. The Labute approximate surface area is 449 Å². The molecule has 3 heterocycles. The zero-order valence-electron chi connectivity index (χ0n) is 43.0. The molecule has 12 aromatic carbocycles. The number of thiophene rings is 1. The van der Waals surface area contributed by atoms with Crippen LogP contribution < -0.4 is 0 Å². The fourth-order valence-corrected chi connectivity index (χ4v) is 15.3. The van der Waals surface area contributed by atoms with Crippen LogP contribution in [0.15, 0.2) is 227 Å². The van der Waals surface area contributed by atoms with Gasteiger partial charge in [-0.2, -0.15) is 0 Å². The first kappa shape index (κ1) is 43.2. The van der Waals surface area contributed by atoms with Crippen molar-refractivity contribution in [1.82, 2.24) is 0 Å². The number of rotatable bonds is 4. The summed E-state index contributed by atoms with van der Waals surface area (Å²) in [7, 11) is 0. The number of furan rings is 2. The summed E-state index contributed by atoms with van der Waals surface area (Å²) in [5, 5.41) is 12.3. The molecule has 0 radical (unpaired) electrons. The molecule has 3 aromatic heterocycles. The average Bonchev–Trinajstić information content (AvgIpc) is 4.46. The van der Waals surface area contributed by atoms with E-state index in [4.69, 9.17) is 8.83 Å². The Balaban J connectivity index is 0.820. The quantitative estimate of drug-likeness (QED) is 0.176. The Hall–Kier alpha value is -9.02. The van der Waals surface area contributed by atoms with Crippen LogP contribution >= 0.6 is 11.3 Å². The van der Waals surface area contributed by atoms with Gasteiger partial charge in [0.1, 0.15) is 22.3 Å². The highest BCUT2D eigenvalue weighted by Crippen LogP contribution is 2.59. The molecule has 0 amide bonds. The second kappa shape index (κ2) is 15.3. The molecule has 0 saturated heterocycles. The zero-order valence-corrected chi connectivity index (χ0v) is 43.8. The number of para-hydroxylation sites is 4. The van der Waals surface area contributed by atoms with Crippen LogP contribution in [-0.4, -0.2) is 0 Å². The Morgan fingerprint density at radius 1 is 0.260 bits per heavy atom. The molecule has 0 bridgehead atoms. The molecule has 0 N–H and O–H groups in total. The minimum atomic E-state index is -0.262. The minimum absolute atomic E-state index is 0.262. The van der Waals surface area contributed by atoms with Gasteiger partial charge in [0.15, 0.2) is 0 Å².